The Hall–Kier alpha value is -1.32. The summed E-state index contributed by atoms with van der Waals surface area (Å²) in [7, 11) is 0. The van der Waals surface area contributed by atoms with E-state index in [-0.39, 0.29) is 17.4 Å². The van der Waals surface area contributed by atoms with Crippen molar-refractivity contribution in [2.75, 3.05) is 0 Å². The summed E-state index contributed by atoms with van der Waals surface area (Å²) in [5, 5.41) is 6.98. The molecule has 1 rings (SSSR count). The summed E-state index contributed by atoms with van der Waals surface area (Å²) in [5.74, 6) is 0.827. The molecule has 0 aliphatic carbocycles. The summed E-state index contributed by atoms with van der Waals surface area (Å²) in [5.41, 5.74) is 1.47. The molecule has 1 N–H and O–H groups in total. The van der Waals surface area contributed by atoms with Gasteiger partial charge in [-0.15, -0.1) is 0 Å². The van der Waals surface area contributed by atoms with Crippen LogP contribution in [0.4, 0.5) is 0 Å². The summed E-state index contributed by atoms with van der Waals surface area (Å²) in [6.07, 6.45) is 0.824. The molecule has 1 aromatic heterocycles. The SMILES string of the molecule is CCC(NC(=O)C(C)(C)C)c1c(C)noc1C. The molecule has 0 aromatic carbocycles. The lowest BCUT2D eigenvalue weighted by atomic mass is 9.94. The van der Waals surface area contributed by atoms with E-state index in [0.717, 1.165) is 23.4 Å². The van der Waals surface area contributed by atoms with Crippen molar-refractivity contribution in [1.29, 1.82) is 0 Å². The summed E-state index contributed by atoms with van der Waals surface area (Å²) in [6.45, 7) is 11.5. The van der Waals surface area contributed by atoms with Crippen LogP contribution in [-0.4, -0.2) is 11.1 Å². The Morgan fingerprint density at radius 2 is 2.00 bits per heavy atom. The van der Waals surface area contributed by atoms with Crippen molar-refractivity contribution in [2.45, 2.75) is 54.0 Å². The van der Waals surface area contributed by atoms with E-state index in [2.05, 4.69) is 10.5 Å². The number of aryl methyl sites for hydroxylation is 2. The number of amides is 1. The molecule has 0 aliphatic heterocycles. The van der Waals surface area contributed by atoms with Crippen LogP contribution in [0.25, 0.3) is 0 Å². The van der Waals surface area contributed by atoms with Gasteiger partial charge >= 0.3 is 0 Å². The molecule has 96 valence electrons. The van der Waals surface area contributed by atoms with E-state index < -0.39 is 0 Å². The highest BCUT2D eigenvalue weighted by atomic mass is 16.5. The van der Waals surface area contributed by atoms with Gasteiger partial charge in [0.2, 0.25) is 5.91 Å². The Bertz CT molecular complexity index is 383. The molecule has 0 bridgehead atoms. The Morgan fingerprint density at radius 3 is 2.35 bits per heavy atom. The highest BCUT2D eigenvalue weighted by molar-refractivity contribution is 5.81. The minimum Gasteiger partial charge on any atom is -0.361 e. The van der Waals surface area contributed by atoms with Gasteiger partial charge in [-0.1, -0.05) is 32.9 Å². The van der Waals surface area contributed by atoms with Crippen molar-refractivity contribution in [3.8, 4) is 0 Å². The predicted octanol–water partition coefficient (Wildman–Crippen LogP) is 2.90. The van der Waals surface area contributed by atoms with Crippen LogP contribution < -0.4 is 5.32 Å². The molecule has 1 atom stereocenters. The largest absolute Gasteiger partial charge is 0.361 e. The van der Waals surface area contributed by atoms with Gasteiger partial charge in [0, 0.05) is 11.0 Å². The third-order valence-corrected chi connectivity index (χ3v) is 2.83. The van der Waals surface area contributed by atoms with Gasteiger partial charge in [-0.25, -0.2) is 0 Å². The maximum atomic E-state index is 12.0. The number of nitrogens with zero attached hydrogens (tertiary/aromatic N) is 1. The first-order chi connectivity index (χ1) is 7.77. The third kappa shape index (κ3) is 3.08. The van der Waals surface area contributed by atoms with Crippen LogP contribution in [0.2, 0.25) is 0 Å². The first-order valence-electron chi connectivity index (χ1n) is 6.01. The Morgan fingerprint density at radius 1 is 1.41 bits per heavy atom. The van der Waals surface area contributed by atoms with Crippen molar-refractivity contribution in [1.82, 2.24) is 10.5 Å². The fourth-order valence-electron chi connectivity index (χ4n) is 1.74. The van der Waals surface area contributed by atoms with Crippen LogP contribution in [0.3, 0.4) is 0 Å². The quantitative estimate of drug-likeness (QED) is 0.880. The molecule has 1 heterocycles. The third-order valence-electron chi connectivity index (χ3n) is 2.83. The summed E-state index contributed by atoms with van der Waals surface area (Å²) in [4.78, 5) is 12.0. The van der Waals surface area contributed by atoms with Crippen molar-refractivity contribution < 1.29 is 9.32 Å². The molecule has 0 spiro atoms. The second kappa shape index (κ2) is 4.90. The van der Waals surface area contributed by atoms with Crippen molar-refractivity contribution in [3.63, 3.8) is 0 Å². The van der Waals surface area contributed by atoms with Crippen LogP contribution in [-0.2, 0) is 4.79 Å². The topological polar surface area (TPSA) is 55.1 Å². The molecule has 1 amide bonds. The first kappa shape index (κ1) is 13.7. The van der Waals surface area contributed by atoms with Gasteiger partial charge < -0.3 is 9.84 Å². The number of carbonyl (C=O) groups excluding carboxylic acids is 1. The molecule has 0 fully saturated rings. The summed E-state index contributed by atoms with van der Waals surface area (Å²) < 4.78 is 5.14. The van der Waals surface area contributed by atoms with E-state index in [9.17, 15) is 4.79 Å². The molecule has 17 heavy (non-hydrogen) atoms. The van der Waals surface area contributed by atoms with Crippen LogP contribution in [0.15, 0.2) is 4.52 Å². The molecular weight excluding hydrogens is 216 g/mol. The zero-order valence-corrected chi connectivity index (χ0v) is 11.5. The van der Waals surface area contributed by atoms with Gasteiger partial charge in [-0.2, -0.15) is 0 Å². The maximum absolute atomic E-state index is 12.0. The molecular formula is C13H22N2O2. The average molecular weight is 238 g/mol. The van der Waals surface area contributed by atoms with Crippen molar-refractivity contribution in [2.24, 2.45) is 5.41 Å². The zero-order valence-electron chi connectivity index (χ0n) is 11.5. The second-order valence-electron chi connectivity index (χ2n) is 5.42. The molecule has 0 saturated heterocycles. The number of nitrogens with one attached hydrogen (secondary N) is 1. The smallest absolute Gasteiger partial charge is 0.225 e. The lowest BCUT2D eigenvalue weighted by Gasteiger charge is -2.23. The molecule has 0 aliphatic rings. The fraction of sp³-hybridized carbons (Fsp3) is 0.692. The Labute approximate surface area is 103 Å². The van der Waals surface area contributed by atoms with Crippen LogP contribution in [0.5, 0.6) is 0 Å². The van der Waals surface area contributed by atoms with Gasteiger partial charge in [0.15, 0.2) is 0 Å². The molecule has 1 aromatic rings. The Balaban J connectivity index is 2.91. The molecule has 0 saturated carbocycles. The number of hydrogen-bond acceptors (Lipinski definition) is 3. The normalized spacial score (nSPS) is 13.5. The summed E-state index contributed by atoms with van der Waals surface area (Å²) >= 11 is 0. The van der Waals surface area contributed by atoms with Gasteiger partial charge in [0.1, 0.15) is 5.76 Å². The Kier molecular flexibility index (Phi) is 3.96. The molecule has 4 nitrogen and oxygen atoms in total. The van der Waals surface area contributed by atoms with Gasteiger partial charge in [0.25, 0.3) is 0 Å². The van der Waals surface area contributed by atoms with Crippen LogP contribution in [0, 0.1) is 19.3 Å². The van der Waals surface area contributed by atoms with E-state index in [1.54, 1.807) is 0 Å². The van der Waals surface area contributed by atoms with Crippen LogP contribution >= 0.6 is 0 Å². The van der Waals surface area contributed by atoms with Crippen molar-refractivity contribution in [3.05, 3.63) is 17.0 Å². The van der Waals surface area contributed by atoms with Gasteiger partial charge in [-0.3, -0.25) is 4.79 Å². The lowest BCUT2D eigenvalue weighted by molar-refractivity contribution is -0.129. The number of aromatic nitrogens is 1. The minimum absolute atomic E-state index is 0.0204. The van der Waals surface area contributed by atoms with E-state index in [1.165, 1.54) is 0 Å². The predicted molar refractivity (Wildman–Crippen MR) is 66.6 cm³/mol. The van der Waals surface area contributed by atoms with Gasteiger partial charge in [0.05, 0.1) is 11.7 Å². The highest BCUT2D eigenvalue weighted by Gasteiger charge is 2.26. The maximum Gasteiger partial charge on any atom is 0.225 e. The number of rotatable bonds is 3. The highest BCUT2D eigenvalue weighted by Crippen LogP contribution is 2.25. The second-order valence-corrected chi connectivity index (χ2v) is 5.42. The lowest BCUT2D eigenvalue weighted by Crippen LogP contribution is -2.37. The fourth-order valence-corrected chi connectivity index (χ4v) is 1.74. The molecule has 4 heteroatoms. The number of hydrogen-bond donors (Lipinski definition) is 1. The van der Waals surface area contributed by atoms with Crippen LogP contribution in [0.1, 0.15) is 57.2 Å². The number of carbonyl (C=O) groups is 1. The minimum atomic E-state index is -0.383. The molecule has 1 unspecified atom stereocenters. The van der Waals surface area contributed by atoms with Crippen molar-refractivity contribution >= 4 is 5.91 Å². The standard InChI is InChI=1S/C13H22N2O2/c1-7-10(14-12(16)13(4,5)6)11-8(2)15-17-9(11)3/h10H,7H2,1-6H3,(H,14,16). The van der Waals surface area contributed by atoms with E-state index in [4.69, 9.17) is 4.52 Å². The molecule has 0 radical (unpaired) electrons. The monoisotopic (exact) mass is 238 g/mol. The van der Waals surface area contributed by atoms with E-state index >= 15 is 0 Å². The van der Waals surface area contributed by atoms with Gasteiger partial charge in [-0.05, 0) is 20.3 Å². The first-order valence-corrected chi connectivity index (χ1v) is 6.01. The average Bonchev–Trinajstić information content (AvgIpc) is 2.54. The zero-order chi connectivity index (χ0) is 13.2. The summed E-state index contributed by atoms with van der Waals surface area (Å²) in [6, 6.07) is -0.0204. The van der Waals surface area contributed by atoms with E-state index in [1.807, 2.05) is 41.5 Å². The van der Waals surface area contributed by atoms with E-state index in [0.29, 0.717) is 0 Å².